The van der Waals surface area contributed by atoms with Crippen molar-refractivity contribution in [1.82, 2.24) is 5.32 Å². The predicted molar refractivity (Wildman–Crippen MR) is 71.5 cm³/mol. The molecule has 0 radical (unpaired) electrons. The molecule has 96 valence electrons. The molecule has 4 heteroatoms. The molecule has 1 fully saturated rings. The van der Waals surface area contributed by atoms with E-state index in [4.69, 9.17) is 5.26 Å². The van der Waals surface area contributed by atoms with Gasteiger partial charge >= 0.3 is 0 Å². The summed E-state index contributed by atoms with van der Waals surface area (Å²) in [6.45, 7) is 6.31. The summed E-state index contributed by atoms with van der Waals surface area (Å²) < 4.78 is 0. The molecule has 1 aliphatic heterocycles. The lowest BCUT2D eigenvalue weighted by atomic mass is 10.1. The van der Waals surface area contributed by atoms with Gasteiger partial charge in [0.25, 0.3) is 0 Å². The normalized spacial score (nSPS) is 23.2. The molecule has 4 nitrogen and oxygen atoms in total. The fourth-order valence-corrected chi connectivity index (χ4v) is 2.25. The molecule has 0 bridgehead atoms. The Bertz CT molecular complexity index is 447. The van der Waals surface area contributed by atoms with Crippen molar-refractivity contribution >= 4 is 5.69 Å². The van der Waals surface area contributed by atoms with Crippen LogP contribution in [-0.2, 0) is 0 Å². The van der Waals surface area contributed by atoms with Crippen LogP contribution >= 0.6 is 0 Å². The molecule has 0 amide bonds. The maximum absolute atomic E-state index is 9.90. The average Bonchev–Trinajstić information content (AvgIpc) is 2.48. The molecule has 1 saturated heterocycles. The van der Waals surface area contributed by atoms with E-state index < -0.39 is 0 Å². The molecule has 18 heavy (non-hydrogen) atoms. The van der Waals surface area contributed by atoms with Gasteiger partial charge in [0.2, 0.25) is 0 Å². The predicted octanol–water partition coefficient (Wildman–Crippen LogP) is 1.11. The number of nitrogens with one attached hydrogen (secondary N) is 1. The molecule has 0 aromatic heterocycles. The van der Waals surface area contributed by atoms with Crippen molar-refractivity contribution in [2.45, 2.75) is 25.5 Å². The zero-order valence-electron chi connectivity index (χ0n) is 10.8. The number of hydrogen-bond acceptors (Lipinski definition) is 4. The molecule has 1 unspecified atom stereocenters. The van der Waals surface area contributed by atoms with Crippen LogP contribution in [0.5, 0.6) is 0 Å². The quantitative estimate of drug-likeness (QED) is 0.778. The average molecular weight is 245 g/mol. The second-order valence-electron chi connectivity index (χ2n) is 5.46. The Morgan fingerprint density at radius 1 is 1.39 bits per heavy atom. The van der Waals surface area contributed by atoms with Crippen LogP contribution in [0, 0.1) is 11.3 Å². The van der Waals surface area contributed by atoms with Crippen LogP contribution in [0.25, 0.3) is 0 Å². The lowest BCUT2D eigenvalue weighted by molar-refractivity contribution is 0.179. The van der Waals surface area contributed by atoms with Crippen LogP contribution in [0.3, 0.4) is 0 Å². The van der Waals surface area contributed by atoms with Crippen molar-refractivity contribution in [3.05, 3.63) is 29.8 Å². The van der Waals surface area contributed by atoms with E-state index in [0.717, 1.165) is 12.2 Å². The molecule has 0 saturated carbocycles. The molecule has 1 aromatic rings. The highest BCUT2D eigenvalue weighted by molar-refractivity contribution is 5.50. The van der Waals surface area contributed by atoms with Gasteiger partial charge in [-0.25, -0.2) is 0 Å². The van der Waals surface area contributed by atoms with E-state index in [1.54, 1.807) is 0 Å². The first kappa shape index (κ1) is 12.9. The first-order chi connectivity index (χ1) is 8.50. The maximum atomic E-state index is 9.90. The summed E-state index contributed by atoms with van der Waals surface area (Å²) in [5.41, 5.74) is 1.67. The summed E-state index contributed by atoms with van der Waals surface area (Å²) >= 11 is 0. The van der Waals surface area contributed by atoms with Crippen molar-refractivity contribution in [3.63, 3.8) is 0 Å². The Labute approximate surface area is 108 Å². The number of anilines is 1. The summed E-state index contributed by atoms with van der Waals surface area (Å²) in [6, 6.07) is 9.61. The third-order valence-corrected chi connectivity index (χ3v) is 3.20. The Morgan fingerprint density at radius 3 is 2.67 bits per heavy atom. The van der Waals surface area contributed by atoms with E-state index in [1.807, 2.05) is 24.3 Å². The first-order valence-corrected chi connectivity index (χ1v) is 6.18. The Hall–Kier alpha value is -1.57. The van der Waals surface area contributed by atoms with Crippen molar-refractivity contribution in [3.8, 4) is 6.07 Å². The highest BCUT2D eigenvalue weighted by Gasteiger charge is 2.27. The summed E-state index contributed by atoms with van der Waals surface area (Å²) in [5.74, 6) is 0. The number of hydrogen-bond donors (Lipinski definition) is 2. The van der Waals surface area contributed by atoms with Gasteiger partial charge in [-0.1, -0.05) is 0 Å². The van der Waals surface area contributed by atoms with Crippen LogP contribution in [0.2, 0.25) is 0 Å². The molecule has 0 aliphatic carbocycles. The number of aliphatic hydroxyl groups excluding tert-OH is 1. The van der Waals surface area contributed by atoms with Gasteiger partial charge in [0.05, 0.1) is 17.7 Å². The van der Waals surface area contributed by atoms with E-state index in [0.29, 0.717) is 18.7 Å². The fourth-order valence-electron chi connectivity index (χ4n) is 2.25. The second-order valence-corrected chi connectivity index (χ2v) is 5.46. The SMILES string of the molecule is CC1(C)CN(c2ccc(C#N)cc2)CC(O)CN1. The van der Waals surface area contributed by atoms with Gasteiger partial charge in [-0.3, -0.25) is 0 Å². The molecule has 2 rings (SSSR count). The van der Waals surface area contributed by atoms with Crippen LogP contribution in [0.15, 0.2) is 24.3 Å². The number of benzene rings is 1. The number of aliphatic hydroxyl groups is 1. The van der Waals surface area contributed by atoms with Crippen molar-refractivity contribution in [1.29, 1.82) is 5.26 Å². The highest BCUT2D eigenvalue weighted by Crippen LogP contribution is 2.20. The molecule has 2 N–H and O–H groups in total. The summed E-state index contributed by atoms with van der Waals surface area (Å²) in [4.78, 5) is 2.16. The van der Waals surface area contributed by atoms with Crippen LogP contribution in [-0.4, -0.2) is 36.4 Å². The van der Waals surface area contributed by atoms with Gasteiger partial charge in [-0.15, -0.1) is 0 Å². The van der Waals surface area contributed by atoms with Crippen molar-refractivity contribution in [2.75, 3.05) is 24.5 Å². The van der Waals surface area contributed by atoms with Gasteiger partial charge in [-0.2, -0.15) is 5.26 Å². The van der Waals surface area contributed by atoms with Crippen LogP contribution in [0.1, 0.15) is 19.4 Å². The molecule has 1 aromatic carbocycles. The number of β-amino-alcohol motifs (C(OH)–C–C–N with tert-alkyl or cyclic N) is 1. The zero-order valence-corrected chi connectivity index (χ0v) is 10.8. The molecular formula is C14H19N3O. The fraction of sp³-hybridized carbons (Fsp3) is 0.500. The van der Waals surface area contributed by atoms with E-state index in [2.05, 4.69) is 30.1 Å². The van der Waals surface area contributed by atoms with Gasteiger partial charge < -0.3 is 15.3 Å². The third kappa shape index (κ3) is 3.00. The third-order valence-electron chi connectivity index (χ3n) is 3.20. The molecule has 1 heterocycles. The molecule has 1 aliphatic rings. The molecule has 0 spiro atoms. The van der Waals surface area contributed by atoms with Crippen LogP contribution < -0.4 is 10.2 Å². The van der Waals surface area contributed by atoms with Crippen LogP contribution in [0.4, 0.5) is 5.69 Å². The van der Waals surface area contributed by atoms with Gasteiger partial charge in [-0.05, 0) is 38.1 Å². The van der Waals surface area contributed by atoms with Crippen molar-refractivity contribution in [2.24, 2.45) is 0 Å². The minimum atomic E-state index is -0.373. The lowest BCUT2D eigenvalue weighted by Crippen LogP contribution is -2.46. The van der Waals surface area contributed by atoms with E-state index in [1.165, 1.54) is 0 Å². The number of nitriles is 1. The van der Waals surface area contributed by atoms with Gasteiger partial charge in [0.1, 0.15) is 0 Å². The highest BCUT2D eigenvalue weighted by atomic mass is 16.3. The maximum Gasteiger partial charge on any atom is 0.0991 e. The Morgan fingerprint density at radius 2 is 2.06 bits per heavy atom. The largest absolute Gasteiger partial charge is 0.390 e. The van der Waals surface area contributed by atoms with E-state index in [-0.39, 0.29) is 11.6 Å². The molecule has 1 atom stereocenters. The van der Waals surface area contributed by atoms with Crippen molar-refractivity contribution < 1.29 is 5.11 Å². The smallest absolute Gasteiger partial charge is 0.0991 e. The van der Waals surface area contributed by atoms with E-state index in [9.17, 15) is 5.11 Å². The monoisotopic (exact) mass is 245 g/mol. The van der Waals surface area contributed by atoms with Gasteiger partial charge in [0, 0.05) is 30.9 Å². The second kappa shape index (κ2) is 4.97. The summed E-state index contributed by atoms with van der Waals surface area (Å²) in [5, 5.41) is 22.0. The first-order valence-electron chi connectivity index (χ1n) is 6.18. The summed E-state index contributed by atoms with van der Waals surface area (Å²) in [7, 11) is 0. The lowest BCUT2D eigenvalue weighted by Gasteiger charge is -2.31. The topological polar surface area (TPSA) is 59.3 Å². The summed E-state index contributed by atoms with van der Waals surface area (Å²) in [6.07, 6.45) is -0.373. The van der Waals surface area contributed by atoms with E-state index >= 15 is 0 Å². The number of nitrogens with zero attached hydrogens (tertiary/aromatic N) is 2. The minimum absolute atomic E-state index is 0.0363. The Kier molecular flexibility index (Phi) is 3.55. The van der Waals surface area contributed by atoms with Gasteiger partial charge in [0.15, 0.2) is 0 Å². The minimum Gasteiger partial charge on any atom is -0.390 e. The number of rotatable bonds is 1. The zero-order chi connectivity index (χ0) is 13.2. The standard InChI is InChI=1S/C14H19N3O/c1-14(2)10-17(9-13(18)8-16-14)12-5-3-11(7-15)4-6-12/h3-6,13,16,18H,8-10H2,1-2H3. The molecular weight excluding hydrogens is 226 g/mol. The Balaban J connectivity index is 2.21.